The van der Waals surface area contributed by atoms with E-state index in [0.717, 1.165) is 61.6 Å². The van der Waals surface area contributed by atoms with Crippen LogP contribution in [0.3, 0.4) is 0 Å². The van der Waals surface area contributed by atoms with Crippen LogP contribution in [0, 0.1) is 11.3 Å². The highest BCUT2D eigenvalue weighted by molar-refractivity contribution is 5.85. The molecule has 2 aliphatic rings. The summed E-state index contributed by atoms with van der Waals surface area (Å²) in [6, 6.07) is 11.0. The molecule has 0 bridgehead atoms. The highest BCUT2D eigenvalue weighted by atomic mass is 16.1. The highest BCUT2D eigenvalue weighted by Crippen LogP contribution is 2.36. The fraction of sp³-hybridized carbons (Fsp3) is 0.435. The largest absolute Gasteiger partial charge is 0.368 e. The van der Waals surface area contributed by atoms with Gasteiger partial charge in [0.05, 0.1) is 5.56 Å². The molecule has 1 aliphatic heterocycles. The molecular weight excluding hydrogens is 390 g/mol. The van der Waals surface area contributed by atoms with E-state index in [1.807, 2.05) is 37.6 Å². The molecule has 5 rings (SSSR count). The monoisotopic (exact) mass is 417 g/mol. The lowest BCUT2D eigenvalue weighted by Gasteiger charge is -2.37. The van der Waals surface area contributed by atoms with Crippen LogP contribution >= 0.6 is 0 Å². The molecular formula is C23H27N7O. The van der Waals surface area contributed by atoms with Crippen molar-refractivity contribution in [2.75, 3.05) is 43.0 Å². The standard InChI is InChI=1S/C23H27N7O/c1-25-17-11-19(12-17)30-15-16(14-24)20-3-4-21(26-23(20)30)29-9-7-28(8-10-29)18-5-6-27(2)22(31)13-18/h3-6,13,15,17,19,25H,7-12H2,1-2H3/t17-,19-. The minimum Gasteiger partial charge on any atom is -0.368 e. The molecule has 31 heavy (non-hydrogen) atoms. The Bertz CT molecular complexity index is 1210. The van der Waals surface area contributed by atoms with Crippen molar-refractivity contribution in [1.29, 1.82) is 5.26 Å². The number of anilines is 2. The Balaban J connectivity index is 1.37. The van der Waals surface area contributed by atoms with Crippen molar-refractivity contribution in [2.45, 2.75) is 24.9 Å². The second-order valence-corrected chi connectivity index (χ2v) is 8.52. The van der Waals surface area contributed by atoms with Crippen LogP contribution in [0.15, 0.2) is 41.5 Å². The molecule has 3 aromatic heterocycles. The van der Waals surface area contributed by atoms with E-state index in [1.54, 1.807) is 17.7 Å². The van der Waals surface area contributed by atoms with Crippen molar-refractivity contribution in [1.82, 2.24) is 19.4 Å². The summed E-state index contributed by atoms with van der Waals surface area (Å²) in [5, 5.41) is 13.8. The highest BCUT2D eigenvalue weighted by Gasteiger charge is 2.31. The molecule has 160 valence electrons. The number of aromatic nitrogens is 3. The number of nitriles is 1. The van der Waals surface area contributed by atoms with Gasteiger partial charge in [-0.05, 0) is 38.1 Å². The van der Waals surface area contributed by atoms with Crippen LogP contribution in [0.4, 0.5) is 11.5 Å². The number of nitrogens with zero attached hydrogens (tertiary/aromatic N) is 6. The van der Waals surface area contributed by atoms with Crippen molar-refractivity contribution >= 4 is 22.5 Å². The number of piperazine rings is 1. The van der Waals surface area contributed by atoms with E-state index in [0.29, 0.717) is 17.6 Å². The third-order valence-electron chi connectivity index (χ3n) is 6.76. The molecule has 0 unspecified atom stereocenters. The predicted octanol–water partition coefficient (Wildman–Crippen LogP) is 1.86. The zero-order valence-electron chi connectivity index (χ0n) is 18.0. The van der Waals surface area contributed by atoms with Gasteiger partial charge < -0.3 is 24.3 Å². The van der Waals surface area contributed by atoms with Gasteiger partial charge in [0.25, 0.3) is 5.56 Å². The molecule has 3 aromatic rings. The SMILES string of the molecule is CN[C@H]1C[C@H](n2cc(C#N)c3ccc(N4CCN(c5ccn(C)c(=O)c5)CC4)nc32)C1. The molecule has 0 atom stereocenters. The predicted molar refractivity (Wildman–Crippen MR) is 122 cm³/mol. The first kappa shape index (κ1) is 19.6. The zero-order valence-corrected chi connectivity index (χ0v) is 18.0. The summed E-state index contributed by atoms with van der Waals surface area (Å²) in [6.07, 6.45) is 5.91. The summed E-state index contributed by atoms with van der Waals surface area (Å²) in [4.78, 5) is 21.5. The fourth-order valence-corrected chi connectivity index (χ4v) is 4.64. The van der Waals surface area contributed by atoms with E-state index in [1.165, 1.54) is 0 Å². The van der Waals surface area contributed by atoms with Gasteiger partial charge in [-0.2, -0.15) is 5.26 Å². The molecule has 8 nitrogen and oxygen atoms in total. The Morgan fingerprint density at radius 1 is 1.13 bits per heavy atom. The quantitative estimate of drug-likeness (QED) is 0.698. The Morgan fingerprint density at radius 2 is 1.87 bits per heavy atom. The van der Waals surface area contributed by atoms with Crippen LogP contribution in [0.25, 0.3) is 11.0 Å². The van der Waals surface area contributed by atoms with Gasteiger partial charge in [0.2, 0.25) is 0 Å². The molecule has 1 saturated carbocycles. The number of aryl methyl sites for hydroxylation is 1. The lowest BCUT2D eigenvalue weighted by atomic mass is 9.87. The van der Waals surface area contributed by atoms with Gasteiger partial charge in [-0.3, -0.25) is 4.79 Å². The number of fused-ring (bicyclic) bond motifs is 1. The van der Waals surface area contributed by atoms with Gasteiger partial charge in [0.15, 0.2) is 0 Å². The third kappa shape index (κ3) is 3.45. The van der Waals surface area contributed by atoms with Crippen molar-refractivity contribution in [2.24, 2.45) is 7.05 Å². The lowest BCUT2D eigenvalue weighted by Crippen LogP contribution is -2.47. The molecule has 8 heteroatoms. The van der Waals surface area contributed by atoms with Crippen LogP contribution in [0.2, 0.25) is 0 Å². The first-order valence-electron chi connectivity index (χ1n) is 10.8. The lowest BCUT2D eigenvalue weighted by molar-refractivity contribution is 0.240. The molecule has 2 fully saturated rings. The van der Waals surface area contributed by atoms with Crippen molar-refractivity contribution < 1.29 is 0 Å². The van der Waals surface area contributed by atoms with E-state index >= 15 is 0 Å². The number of hydrogen-bond donors (Lipinski definition) is 1. The molecule has 0 amide bonds. The van der Waals surface area contributed by atoms with Crippen LogP contribution in [0.1, 0.15) is 24.4 Å². The van der Waals surface area contributed by atoms with Crippen molar-refractivity contribution in [3.63, 3.8) is 0 Å². The summed E-state index contributed by atoms with van der Waals surface area (Å²) in [5.74, 6) is 0.949. The first-order chi connectivity index (χ1) is 15.1. The van der Waals surface area contributed by atoms with E-state index in [2.05, 4.69) is 25.8 Å². The second kappa shape index (κ2) is 7.75. The van der Waals surface area contributed by atoms with Gasteiger partial charge >= 0.3 is 0 Å². The molecule has 0 radical (unpaired) electrons. The van der Waals surface area contributed by atoms with Crippen LogP contribution in [-0.2, 0) is 7.05 Å². The van der Waals surface area contributed by atoms with Crippen molar-refractivity contribution in [3.05, 3.63) is 52.6 Å². The molecule has 1 saturated heterocycles. The Morgan fingerprint density at radius 3 is 2.55 bits per heavy atom. The Labute approximate surface area is 181 Å². The minimum absolute atomic E-state index is 0.0117. The molecule has 0 aromatic carbocycles. The van der Waals surface area contributed by atoms with Crippen molar-refractivity contribution in [3.8, 4) is 6.07 Å². The summed E-state index contributed by atoms with van der Waals surface area (Å²) in [6.45, 7) is 3.35. The van der Waals surface area contributed by atoms with Gasteiger partial charge in [-0.1, -0.05) is 0 Å². The average Bonchev–Trinajstić information content (AvgIpc) is 3.13. The van der Waals surface area contributed by atoms with Gasteiger partial charge in [-0.15, -0.1) is 0 Å². The van der Waals surface area contributed by atoms with E-state index < -0.39 is 0 Å². The molecule has 1 N–H and O–H groups in total. The van der Waals surface area contributed by atoms with Gasteiger partial charge in [0.1, 0.15) is 17.5 Å². The number of pyridine rings is 2. The second-order valence-electron chi connectivity index (χ2n) is 8.52. The number of nitrogens with one attached hydrogen (secondary N) is 1. The van der Waals surface area contributed by atoms with E-state index in [9.17, 15) is 10.1 Å². The van der Waals surface area contributed by atoms with E-state index in [-0.39, 0.29) is 5.56 Å². The summed E-state index contributed by atoms with van der Waals surface area (Å²) in [7, 11) is 3.76. The van der Waals surface area contributed by atoms with Crippen LogP contribution in [-0.4, -0.2) is 53.4 Å². The maximum absolute atomic E-state index is 12.0. The smallest absolute Gasteiger partial charge is 0.252 e. The third-order valence-corrected chi connectivity index (χ3v) is 6.76. The minimum atomic E-state index is 0.0117. The summed E-state index contributed by atoms with van der Waals surface area (Å²) >= 11 is 0. The Hall–Kier alpha value is -3.31. The summed E-state index contributed by atoms with van der Waals surface area (Å²) in [5.41, 5.74) is 2.58. The molecule has 4 heterocycles. The van der Waals surface area contributed by atoms with E-state index in [4.69, 9.17) is 4.98 Å². The Kier molecular flexibility index (Phi) is 4.91. The zero-order chi connectivity index (χ0) is 21.5. The van der Waals surface area contributed by atoms with Crippen LogP contribution < -0.4 is 20.7 Å². The topological polar surface area (TPSA) is 82.1 Å². The van der Waals surface area contributed by atoms with Crippen LogP contribution in [0.5, 0.6) is 0 Å². The maximum atomic E-state index is 12.0. The normalized spacial score (nSPS) is 21.2. The first-order valence-corrected chi connectivity index (χ1v) is 10.8. The summed E-state index contributed by atoms with van der Waals surface area (Å²) < 4.78 is 3.78. The van der Waals surface area contributed by atoms with Gasteiger partial charge in [0, 0.05) is 74.8 Å². The van der Waals surface area contributed by atoms with Gasteiger partial charge in [-0.25, -0.2) is 4.98 Å². The number of rotatable bonds is 4. The number of hydrogen-bond acceptors (Lipinski definition) is 6. The maximum Gasteiger partial charge on any atom is 0.252 e. The average molecular weight is 418 g/mol. The molecule has 0 spiro atoms. The fourth-order valence-electron chi connectivity index (χ4n) is 4.64. The molecule has 1 aliphatic carbocycles.